The van der Waals surface area contributed by atoms with Crippen LogP contribution in [0.4, 0.5) is 28.4 Å². The Morgan fingerprint density at radius 3 is 1.49 bits per heavy atom. The lowest BCUT2D eigenvalue weighted by Gasteiger charge is -2.27. The van der Waals surface area contributed by atoms with Crippen LogP contribution in [0.5, 0.6) is 0 Å². The van der Waals surface area contributed by atoms with Crippen LogP contribution in [0.3, 0.4) is 0 Å². The second-order valence-corrected chi connectivity index (χ2v) is 9.16. The van der Waals surface area contributed by atoms with Gasteiger partial charge in [-0.15, -0.1) is 0 Å². The molecule has 0 aliphatic rings. The Morgan fingerprint density at radius 1 is 0.378 bits per heavy atom. The van der Waals surface area contributed by atoms with Crippen molar-refractivity contribution < 1.29 is 0 Å². The normalized spacial score (nSPS) is 10.8. The van der Waals surface area contributed by atoms with Crippen LogP contribution in [0.1, 0.15) is 0 Å². The van der Waals surface area contributed by atoms with Gasteiger partial charge >= 0.3 is 0 Å². The molecule has 6 aromatic carbocycles. The van der Waals surface area contributed by atoms with Gasteiger partial charge in [0.05, 0.1) is 5.69 Å². The van der Waals surface area contributed by atoms with Crippen molar-refractivity contribution in [1.82, 2.24) is 0 Å². The summed E-state index contributed by atoms with van der Waals surface area (Å²) in [5.74, 6) is 0. The lowest BCUT2D eigenvalue weighted by molar-refractivity contribution is 1.21. The van der Waals surface area contributed by atoms with Crippen molar-refractivity contribution in [2.45, 2.75) is 0 Å². The molecular formula is C35H28N2. The molecular weight excluding hydrogens is 448 g/mol. The molecule has 0 saturated heterocycles. The Kier molecular flexibility index (Phi) is 6.14. The molecule has 0 fully saturated rings. The Bertz CT molecular complexity index is 1600. The fraction of sp³-hybridized carbons (Fsp3) is 0.0286. The molecule has 0 bridgehead atoms. The summed E-state index contributed by atoms with van der Waals surface area (Å²) in [7, 11) is 2.10. The molecule has 0 amide bonds. The average molecular weight is 477 g/mol. The lowest BCUT2D eigenvalue weighted by atomic mass is 10.0. The maximum Gasteiger partial charge on any atom is 0.0540 e. The van der Waals surface area contributed by atoms with E-state index < -0.39 is 0 Å². The molecule has 2 heteroatoms. The van der Waals surface area contributed by atoms with Crippen molar-refractivity contribution in [2.75, 3.05) is 16.8 Å². The molecule has 0 aromatic heterocycles. The lowest BCUT2D eigenvalue weighted by Crippen LogP contribution is -2.10. The van der Waals surface area contributed by atoms with Gasteiger partial charge in [0.2, 0.25) is 0 Å². The molecule has 2 nitrogen and oxygen atoms in total. The van der Waals surface area contributed by atoms with E-state index in [-0.39, 0.29) is 0 Å². The van der Waals surface area contributed by atoms with Crippen LogP contribution in [0.25, 0.3) is 21.9 Å². The van der Waals surface area contributed by atoms with Gasteiger partial charge in [-0.3, -0.25) is 0 Å². The first kappa shape index (κ1) is 22.6. The first-order valence-electron chi connectivity index (χ1n) is 12.6. The van der Waals surface area contributed by atoms with Gasteiger partial charge in [0, 0.05) is 35.2 Å². The summed E-state index contributed by atoms with van der Waals surface area (Å²) in [6, 6.07) is 53.7. The molecule has 0 atom stereocenters. The Hall–Kier alpha value is -4.82. The summed E-state index contributed by atoms with van der Waals surface area (Å²) in [4.78, 5) is 4.54. The monoisotopic (exact) mass is 476 g/mol. The molecule has 37 heavy (non-hydrogen) atoms. The summed E-state index contributed by atoms with van der Waals surface area (Å²) in [6.07, 6.45) is 0. The van der Waals surface area contributed by atoms with E-state index in [0.29, 0.717) is 0 Å². The SMILES string of the molecule is CN(c1ccccc1)c1ccc(-c2ccc(N(c3ccccc3)c3cccc4ccccc34)cc2)cc1. The number of rotatable bonds is 6. The van der Waals surface area contributed by atoms with Gasteiger partial charge in [0.15, 0.2) is 0 Å². The third-order valence-electron chi connectivity index (χ3n) is 6.88. The van der Waals surface area contributed by atoms with Gasteiger partial charge < -0.3 is 9.80 Å². The zero-order valence-corrected chi connectivity index (χ0v) is 20.8. The van der Waals surface area contributed by atoms with Crippen molar-refractivity contribution in [1.29, 1.82) is 0 Å². The van der Waals surface area contributed by atoms with E-state index in [1.54, 1.807) is 0 Å². The third-order valence-corrected chi connectivity index (χ3v) is 6.88. The fourth-order valence-corrected chi connectivity index (χ4v) is 4.89. The largest absolute Gasteiger partial charge is 0.345 e. The Morgan fingerprint density at radius 2 is 0.838 bits per heavy atom. The van der Waals surface area contributed by atoms with Crippen molar-refractivity contribution >= 4 is 39.2 Å². The number of nitrogens with zero attached hydrogens (tertiary/aromatic N) is 2. The summed E-state index contributed by atoms with van der Waals surface area (Å²) in [6.45, 7) is 0. The van der Waals surface area contributed by atoms with Crippen molar-refractivity contribution in [3.8, 4) is 11.1 Å². The molecule has 0 unspecified atom stereocenters. The highest BCUT2D eigenvalue weighted by Crippen LogP contribution is 2.39. The summed E-state index contributed by atoms with van der Waals surface area (Å²) in [5, 5.41) is 2.47. The molecule has 0 radical (unpaired) electrons. The molecule has 178 valence electrons. The second-order valence-electron chi connectivity index (χ2n) is 9.16. The molecule has 6 rings (SSSR count). The smallest absolute Gasteiger partial charge is 0.0540 e. The van der Waals surface area contributed by atoms with Crippen LogP contribution in [0, 0.1) is 0 Å². The highest BCUT2D eigenvalue weighted by atomic mass is 15.1. The van der Waals surface area contributed by atoms with Gasteiger partial charge in [0.1, 0.15) is 0 Å². The Labute approximate surface area is 218 Å². The van der Waals surface area contributed by atoms with Gasteiger partial charge in [0.25, 0.3) is 0 Å². The molecule has 0 N–H and O–H groups in total. The standard InChI is InChI=1S/C35H28N2/c1-36(30-13-4-2-5-14-30)31-23-19-27(20-24-31)28-21-25-33(26-22-28)37(32-15-6-3-7-16-32)35-18-10-12-29-11-8-9-17-34(29)35/h2-26H,1H3. The molecule has 0 heterocycles. The van der Waals surface area contributed by atoms with Crippen molar-refractivity contribution in [2.24, 2.45) is 0 Å². The summed E-state index contributed by atoms with van der Waals surface area (Å²) < 4.78 is 0. The van der Waals surface area contributed by atoms with E-state index in [4.69, 9.17) is 0 Å². The number of hydrogen-bond acceptors (Lipinski definition) is 2. The zero-order chi connectivity index (χ0) is 25.0. The number of hydrogen-bond donors (Lipinski definition) is 0. The fourth-order valence-electron chi connectivity index (χ4n) is 4.89. The topological polar surface area (TPSA) is 6.48 Å². The van der Waals surface area contributed by atoms with Crippen LogP contribution < -0.4 is 9.80 Å². The minimum atomic E-state index is 1.13. The van der Waals surface area contributed by atoms with Gasteiger partial charge in [-0.1, -0.05) is 97.1 Å². The van der Waals surface area contributed by atoms with Crippen LogP contribution in [0.15, 0.2) is 152 Å². The van der Waals surface area contributed by atoms with Gasteiger partial charge in [-0.25, -0.2) is 0 Å². The van der Waals surface area contributed by atoms with Crippen LogP contribution in [-0.4, -0.2) is 7.05 Å². The predicted molar refractivity (Wildman–Crippen MR) is 159 cm³/mol. The number of benzene rings is 6. The van der Waals surface area contributed by atoms with E-state index in [1.807, 2.05) is 6.07 Å². The van der Waals surface area contributed by atoms with Crippen LogP contribution in [0.2, 0.25) is 0 Å². The van der Waals surface area contributed by atoms with Gasteiger partial charge in [-0.05, 0) is 71.1 Å². The van der Waals surface area contributed by atoms with Crippen LogP contribution in [-0.2, 0) is 0 Å². The number of anilines is 5. The first-order chi connectivity index (χ1) is 18.3. The summed E-state index contributed by atoms with van der Waals surface area (Å²) in [5.41, 5.74) is 8.18. The highest BCUT2D eigenvalue weighted by Gasteiger charge is 2.15. The summed E-state index contributed by atoms with van der Waals surface area (Å²) >= 11 is 0. The van der Waals surface area contributed by atoms with E-state index in [2.05, 4.69) is 162 Å². The number of fused-ring (bicyclic) bond motifs is 1. The molecule has 0 aliphatic carbocycles. The average Bonchev–Trinajstić information content (AvgIpc) is 2.98. The Balaban J connectivity index is 1.34. The second kappa shape index (κ2) is 10.0. The van der Waals surface area contributed by atoms with Gasteiger partial charge in [-0.2, -0.15) is 0 Å². The molecule has 0 spiro atoms. The van der Waals surface area contributed by atoms with Crippen LogP contribution >= 0.6 is 0 Å². The first-order valence-corrected chi connectivity index (χ1v) is 12.6. The van der Waals surface area contributed by atoms with Crippen molar-refractivity contribution in [3.63, 3.8) is 0 Å². The van der Waals surface area contributed by atoms with E-state index >= 15 is 0 Å². The minimum absolute atomic E-state index is 1.13. The predicted octanol–water partition coefficient (Wildman–Crippen LogP) is 9.74. The van der Waals surface area contributed by atoms with E-state index in [0.717, 1.165) is 17.1 Å². The molecule has 0 saturated carbocycles. The van der Waals surface area contributed by atoms with E-state index in [9.17, 15) is 0 Å². The highest BCUT2D eigenvalue weighted by molar-refractivity contribution is 5.98. The zero-order valence-electron chi connectivity index (χ0n) is 20.8. The quantitative estimate of drug-likeness (QED) is 0.236. The minimum Gasteiger partial charge on any atom is -0.345 e. The number of para-hydroxylation sites is 2. The molecule has 6 aromatic rings. The van der Waals surface area contributed by atoms with Crippen molar-refractivity contribution in [3.05, 3.63) is 152 Å². The molecule has 0 aliphatic heterocycles. The third kappa shape index (κ3) is 4.57. The van der Waals surface area contributed by atoms with E-state index in [1.165, 1.54) is 33.3 Å². The maximum atomic E-state index is 2.34. The maximum absolute atomic E-state index is 2.34.